The lowest BCUT2D eigenvalue weighted by Gasteiger charge is -2.29. The zero-order valence-electron chi connectivity index (χ0n) is 15.4. The fourth-order valence-electron chi connectivity index (χ4n) is 2.92. The molecule has 3 rings (SSSR count). The van der Waals surface area contributed by atoms with Crippen molar-refractivity contribution in [2.45, 2.75) is 25.5 Å². The van der Waals surface area contributed by atoms with Gasteiger partial charge in [0.2, 0.25) is 11.8 Å². The molecule has 1 heterocycles. The van der Waals surface area contributed by atoms with E-state index in [2.05, 4.69) is 16.0 Å². The summed E-state index contributed by atoms with van der Waals surface area (Å²) in [4.78, 5) is 24.6. The van der Waals surface area contributed by atoms with Gasteiger partial charge in [0.05, 0.1) is 24.8 Å². The maximum absolute atomic E-state index is 14.1. The zero-order valence-corrected chi connectivity index (χ0v) is 16.2. The van der Waals surface area contributed by atoms with E-state index in [0.29, 0.717) is 18.8 Å². The zero-order chi connectivity index (χ0) is 19.2. The number of nitrogens with one attached hydrogen (secondary N) is 3. The Morgan fingerprint density at radius 1 is 1.18 bits per heavy atom. The van der Waals surface area contributed by atoms with Gasteiger partial charge in [0.15, 0.2) is 0 Å². The molecule has 1 aliphatic rings. The van der Waals surface area contributed by atoms with Crippen molar-refractivity contribution in [3.05, 3.63) is 59.9 Å². The smallest absolute Gasteiger partial charge is 0.244 e. The number of ether oxygens (including phenoxy) is 1. The molecule has 2 aromatic carbocycles. The Hall–Kier alpha value is -2.48. The van der Waals surface area contributed by atoms with Crippen LogP contribution in [0.5, 0.6) is 0 Å². The van der Waals surface area contributed by atoms with Crippen LogP contribution in [0.15, 0.2) is 48.5 Å². The number of hydrogen-bond donors (Lipinski definition) is 3. The number of morpholine rings is 1. The van der Waals surface area contributed by atoms with Crippen LogP contribution < -0.4 is 16.0 Å². The number of halogens is 2. The minimum atomic E-state index is -0.568. The van der Waals surface area contributed by atoms with Crippen molar-refractivity contribution in [1.29, 1.82) is 0 Å². The number of amides is 2. The van der Waals surface area contributed by atoms with Crippen molar-refractivity contribution in [3.63, 3.8) is 0 Å². The molecule has 1 fully saturated rings. The fourth-order valence-corrected chi connectivity index (χ4v) is 2.92. The molecule has 0 aromatic heterocycles. The second-order valence-corrected chi connectivity index (χ2v) is 6.40. The summed E-state index contributed by atoms with van der Waals surface area (Å²) in [6.07, 6.45) is -0.123. The Kier molecular flexibility index (Phi) is 7.92. The van der Waals surface area contributed by atoms with E-state index >= 15 is 0 Å². The highest BCUT2D eigenvalue weighted by Gasteiger charge is 2.28. The van der Waals surface area contributed by atoms with E-state index in [4.69, 9.17) is 4.74 Å². The largest absolute Gasteiger partial charge is 0.375 e. The average molecular weight is 408 g/mol. The summed E-state index contributed by atoms with van der Waals surface area (Å²) in [5.74, 6) is -1.17. The molecule has 0 spiro atoms. The van der Waals surface area contributed by atoms with Crippen LogP contribution >= 0.6 is 12.4 Å². The molecule has 8 heteroatoms. The molecule has 2 aromatic rings. The lowest BCUT2D eigenvalue weighted by molar-refractivity contribution is -0.123. The Morgan fingerprint density at radius 2 is 1.93 bits per heavy atom. The Bertz CT molecular complexity index is 820. The van der Waals surface area contributed by atoms with Crippen molar-refractivity contribution in [3.8, 4) is 0 Å². The highest BCUT2D eigenvalue weighted by atomic mass is 35.5. The van der Waals surface area contributed by atoms with E-state index in [9.17, 15) is 14.0 Å². The van der Waals surface area contributed by atoms with Crippen LogP contribution in [-0.4, -0.2) is 37.1 Å². The molecule has 3 N–H and O–H groups in total. The summed E-state index contributed by atoms with van der Waals surface area (Å²) >= 11 is 0. The molecule has 2 amide bonds. The second-order valence-electron chi connectivity index (χ2n) is 6.40. The fraction of sp³-hybridized carbons (Fsp3) is 0.300. The van der Waals surface area contributed by atoms with Crippen LogP contribution in [0, 0.1) is 5.82 Å². The monoisotopic (exact) mass is 407 g/mol. The van der Waals surface area contributed by atoms with E-state index in [-0.39, 0.29) is 42.4 Å². The molecule has 28 heavy (non-hydrogen) atoms. The molecule has 6 nitrogen and oxygen atoms in total. The third kappa shape index (κ3) is 5.76. The first-order chi connectivity index (χ1) is 13.0. The van der Waals surface area contributed by atoms with E-state index in [0.717, 1.165) is 5.56 Å². The summed E-state index contributed by atoms with van der Waals surface area (Å²) < 4.78 is 19.5. The van der Waals surface area contributed by atoms with Gasteiger partial charge < -0.3 is 20.7 Å². The Balaban J connectivity index is 0.00000280. The third-order valence-corrected chi connectivity index (χ3v) is 4.31. The van der Waals surface area contributed by atoms with Gasteiger partial charge in [-0.1, -0.05) is 30.3 Å². The van der Waals surface area contributed by atoms with E-state index < -0.39 is 11.9 Å². The van der Waals surface area contributed by atoms with Crippen LogP contribution in [0.2, 0.25) is 0 Å². The van der Waals surface area contributed by atoms with Crippen molar-refractivity contribution in [2.75, 3.05) is 23.8 Å². The summed E-state index contributed by atoms with van der Waals surface area (Å²) in [7, 11) is 0. The second kappa shape index (κ2) is 10.2. The highest BCUT2D eigenvalue weighted by molar-refractivity contribution is 5.97. The van der Waals surface area contributed by atoms with Crippen molar-refractivity contribution >= 4 is 35.6 Å². The van der Waals surface area contributed by atoms with Crippen LogP contribution in [0.25, 0.3) is 0 Å². The van der Waals surface area contributed by atoms with E-state index in [1.54, 1.807) is 0 Å². The van der Waals surface area contributed by atoms with Gasteiger partial charge in [-0.2, -0.15) is 0 Å². The van der Waals surface area contributed by atoms with Crippen LogP contribution in [0.4, 0.5) is 15.8 Å². The number of carbonyl (C=O) groups is 2. The van der Waals surface area contributed by atoms with Gasteiger partial charge >= 0.3 is 0 Å². The van der Waals surface area contributed by atoms with Crippen LogP contribution in [0.1, 0.15) is 12.5 Å². The quantitative estimate of drug-likeness (QED) is 0.712. The van der Waals surface area contributed by atoms with Crippen molar-refractivity contribution in [2.24, 2.45) is 0 Å². The standard InChI is InChI=1S/C20H22FN3O3.ClH/c1-13-19(22-9-10-27-13)20(26)23-15-7-8-16(21)17(12-15)24-18(25)11-14-5-3-2-4-6-14;/h2-8,12-13,19,22H,9-11H2,1H3,(H,23,26)(H,24,25);1H/t13-,19+;/m1./s1. The van der Waals surface area contributed by atoms with Gasteiger partial charge in [-0.15, -0.1) is 12.4 Å². The number of benzene rings is 2. The molecule has 1 saturated heterocycles. The molecule has 2 atom stereocenters. The molecule has 1 aliphatic heterocycles. The van der Waals surface area contributed by atoms with Gasteiger partial charge in [0.25, 0.3) is 0 Å². The molecule has 0 aliphatic carbocycles. The molecule has 150 valence electrons. The van der Waals surface area contributed by atoms with Gasteiger partial charge in [0.1, 0.15) is 11.9 Å². The summed E-state index contributed by atoms with van der Waals surface area (Å²) in [6.45, 7) is 2.96. The van der Waals surface area contributed by atoms with E-state index in [1.807, 2.05) is 37.3 Å². The minimum absolute atomic E-state index is 0. The topological polar surface area (TPSA) is 79.5 Å². The summed E-state index contributed by atoms with van der Waals surface area (Å²) in [6, 6.07) is 12.8. The highest BCUT2D eigenvalue weighted by Crippen LogP contribution is 2.21. The summed E-state index contributed by atoms with van der Waals surface area (Å²) in [5.41, 5.74) is 1.25. The predicted octanol–water partition coefficient (Wildman–Crippen LogP) is 2.74. The predicted molar refractivity (Wildman–Crippen MR) is 108 cm³/mol. The van der Waals surface area contributed by atoms with Crippen LogP contribution in [0.3, 0.4) is 0 Å². The first kappa shape index (κ1) is 21.8. The summed E-state index contributed by atoms with van der Waals surface area (Å²) in [5, 5.41) is 8.38. The molecule has 0 unspecified atom stereocenters. The van der Waals surface area contributed by atoms with Gasteiger partial charge in [-0.3, -0.25) is 9.59 Å². The minimum Gasteiger partial charge on any atom is -0.375 e. The van der Waals surface area contributed by atoms with Gasteiger partial charge in [-0.05, 0) is 30.7 Å². The number of carbonyl (C=O) groups excluding carboxylic acids is 2. The van der Waals surface area contributed by atoms with Crippen molar-refractivity contribution in [1.82, 2.24) is 5.32 Å². The number of anilines is 2. The van der Waals surface area contributed by atoms with Crippen molar-refractivity contribution < 1.29 is 18.7 Å². The molecule has 0 bridgehead atoms. The SMILES string of the molecule is C[C@H]1OCCN[C@@H]1C(=O)Nc1ccc(F)c(NC(=O)Cc2ccccc2)c1.Cl. The average Bonchev–Trinajstić information content (AvgIpc) is 2.65. The van der Waals surface area contributed by atoms with Gasteiger partial charge in [-0.25, -0.2) is 4.39 Å². The molecular formula is C20H23ClFN3O3. The van der Waals surface area contributed by atoms with Crippen LogP contribution in [-0.2, 0) is 20.7 Å². The Morgan fingerprint density at radius 3 is 2.64 bits per heavy atom. The lowest BCUT2D eigenvalue weighted by Crippen LogP contribution is -2.53. The number of rotatable bonds is 5. The maximum Gasteiger partial charge on any atom is 0.244 e. The lowest BCUT2D eigenvalue weighted by atomic mass is 10.1. The molecule has 0 radical (unpaired) electrons. The Labute approximate surface area is 169 Å². The first-order valence-corrected chi connectivity index (χ1v) is 8.82. The first-order valence-electron chi connectivity index (χ1n) is 8.82. The van der Waals surface area contributed by atoms with Gasteiger partial charge in [0, 0.05) is 12.2 Å². The molecular weight excluding hydrogens is 385 g/mol. The third-order valence-electron chi connectivity index (χ3n) is 4.31. The van der Waals surface area contributed by atoms with E-state index in [1.165, 1.54) is 18.2 Å². The molecule has 0 saturated carbocycles. The maximum atomic E-state index is 14.1. The normalized spacial score (nSPS) is 18.6. The number of hydrogen-bond acceptors (Lipinski definition) is 4.